The van der Waals surface area contributed by atoms with E-state index in [9.17, 15) is 13.2 Å². The Labute approximate surface area is 121 Å². The molecule has 2 heterocycles. The number of anilines is 2. The van der Waals surface area contributed by atoms with Crippen LogP contribution in [0.4, 0.5) is 24.8 Å². The zero-order valence-electron chi connectivity index (χ0n) is 11.8. The van der Waals surface area contributed by atoms with Crippen LogP contribution in [0, 0.1) is 0 Å². The van der Waals surface area contributed by atoms with Gasteiger partial charge in [-0.05, 0) is 25.7 Å². The maximum Gasteiger partial charge on any atom is 0.451 e. The predicted octanol–water partition coefficient (Wildman–Crippen LogP) is 2.91. The van der Waals surface area contributed by atoms with Crippen LogP contribution in [0.25, 0.3) is 0 Å². The molecular weight excluding hydrogens is 285 g/mol. The summed E-state index contributed by atoms with van der Waals surface area (Å²) >= 11 is 0. The number of ether oxygens (including phenoxy) is 1. The van der Waals surface area contributed by atoms with Gasteiger partial charge in [-0.25, -0.2) is 9.97 Å². The van der Waals surface area contributed by atoms with Gasteiger partial charge in [0.25, 0.3) is 0 Å². The predicted molar refractivity (Wildman–Crippen MR) is 73.3 cm³/mol. The third-order valence-corrected chi connectivity index (χ3v) is 3.28. The standard InChI is InChI=1S/C13H19F3N4O/c1-17-10-8-11(20-12(19-10)13(14,15)16)18-6-5-9-4-2-3-7-21-9/h8-9H,2-7H2,1H3,(H2,17,18,19,20). The zero-order chi connectivity index (χ0) is 15.3. The van der Waals surface area contributed by atoms with Gasteiger partial charge >= 0.3 is 6.18 Å². The highest BCUT2D eigenvalue weighted by Crippen LogP contribution is 2.28. The number of hydrogen-bond donors (Lipinski definition) is 2. The van der Waals surface area contributed by atoms with Crippen LogP contribution in [-0.4, -0.2) is 36.3 Å². The fourth-order valence-corrected chi connectivity index (χ4v) is 2.19. The summed E-state index contributed by atoms with van der Waals surface area (Å²) < 4.78 is 43.7. The second-order valence-corrected chi connectivity index (χ2v) is 4.91. The van der Waals surface area contributed by atoms with E-state index in [-0.39, 0.29) is 17.7 Å². The molecule has 1 unspecified atom stereocenters. The van der Waals surface area contributed by atoms with Crippen molar-refractivity contribution in [2.75, 3.05) is 30.8 Å². The molecule has 0 bridgehead atoms. The van der Waals surface area contributed by atoms with Crippen molar-refractivity contribution in [3.63, 3.8) is 0 Å². The fourth-order valence-electron chi connectivity index (χ4n) is 2.19. The molecule has 21 heavy (non-hydrogen) atoms. The van der Waals surface area contributed by atoms with Gasteiger partial charge in [-0.3, -0.25) is 0 Å². The van der Waals surface area contributed by atoms with Crippen LogP contribution < -0.4 is 10.6 Å². The van der Waals surface area contributed by atoms with Gasteiger partial charge in [-0.15, -0.1) is 0 Å². The Hall–Kier alpha value is -1.57. The molecule has 2 rings (SSSR count). The molecule has 1 atom stereocenters. The number of nitrogens with one attached hydrogen (secondary N) is 2. The zero-order valence-corrected chi connectivity index (χ0v) is 11.8. The average molecular weight is 304 g/mol. The molecule has 1 fully saturated rings. The molecule has 118 valence electrons. The summed E-state index contributed by atoms with van der Waals surface area (Å²) in [6.45, 7) is 1.28. The van der Waals surface area contributed by atoms with Crippen molar-refractivity contribution in [2.24, 2.45) is 0 Å². The Bertz CT molecular complexity index is 461. The van der Waals surface area contributed by atoms with Crippen LogP contribution in [-0.2, 0) is 10.9 Å². The molecule has 0 saturated carbocycles. The summed E-state index contributed by atoms with van der Waals surface area (Å²) in [5, 5.41) is 5.51. The van der Waals surface area contributed by atoms with Gasteiger partial charge in [-0.1, -0.05) is 0 Å². The van der Waals surface area contributed by atoms with Gasteiger partial charge in [0.2, 0.25) is 5.82 Å². The third kappa shape index (κ3) is 4.73. The quantitative estimate of drug-likeness (QED) is 0.876. The minimum absolute atomic E-state index is 0.133. The highest BCUT2D eigenvalue weighted by atomic mass is 19.4. The largest absolute Gasteiger partial charge is 0.451 e. The molecule has 0 spiro atoms. The number of alkyl halides is 3. The summed E-state index contributed by atoms with van der Waals surface area (Å²) in [5.74, 6) is -0.850. The summed E-state index contributed by atoms with van der Waals surface area (Å²) in [7, 11) is 1.52. The van der Waals surface area contributed by atoms with Crippen molar-refractivity contribution in [3.05, 3.63) is 11.9 Å². The Morgan fingerprint density at radius 2 is 2.05 bits per heavy atom. The van der Waals surface area contributed by atoms with Gasteiger partial charge in [0.1, 0.15) is 11.6 Å². The molecule has 1 aromatic heterocycles. The molecule has 1 aliphatic heterocycles. The lowest BCUT2D eigenvalue weighted by atomic mass is 10.1. The number of rotatable bonds is 5. The SMILES string of the molecule is CNc1cc(NCCC2CCCCO2)nc(C(F)(F)F)n1. The first-order chi connectivity index (χ1) is 9.99. The van der Waals surface area contributed by atoms with E-state index in [1.54, 1.807) is 0 Å². The lowest BCUT2D eigenvalue weighted by Crippen LogP contribution is -2.22. The van der Waals surface area contributed by atoms with Gasteiger partial charge in [0.15, 0.2) is 0 Å². The van der Waals surface area contributed by atoms with Gasteiger partial charge in [0, 0.05) is 26.3 Å². The minimum Gasteiger partial charge on any atom is -0.378 e. The Kier molecular flexibility index (Phi) is 5.22. The minimum atomic E-state index is -4.56. The van der Waals surface area contributed by atoms with E-state index >= 15 is 0 Å². The molecule has 8 heteroatoms. The molecule has 1 aromatic rings. The Balaban J connectivity index is 1.95. The van der Waals surface area contributed by atoms with E-state index in [4.69, 9.17) is 4.74 Å². The first kappa shape index (κ1) is 15.8. The molecule has 1 aliphatic rings. The number of aromatic nitrogens is 2. The van der Waals surface area contributed by atoms with E-state index in [2.05, 4.69) is 20.6 Å². The first-order valence-corrected chi connectivity index (χ1v) is 6.98. The number of halogens is 3. The molecular formula is C13H19F3N4O. The van der Waals surface area contributed by atoms with Crippen molar-refractivity contribution in [1.29, 1.82) is 0 Å². The third-order valence-electron chi connectivity index (χ3n) is 3.28. The van der Waals surface area contributed by atoms with Crippen molar-refractivity contribution < 1.29 is 17.9 Å². The summed E-state index contributed by atoms with van der Waals surface area (Å²) in [6.07, 6.45) is -0.410. The molecule has 0 aliphatic carbocycles. The fraction of sp³-hybridized carbons (Fsp3) is 0.692. The Morgan fingerprint density at radius 1 is 1.29 bits per heavy atom. The second kappa shape index (κ2) is 6.93. The van der Waals surface area contributed by atoms with E-state index in [1.807, 2.05) is 0 Å². The average Bonchev–Trinajstić information content (AvgIpc) is 2.47. The van der Waals surface area contributed by atoms with Crippen LogP contribution >= 0.6 is 0 Å². The van der Waals surface area contributed by atoms with Crippen molar-refractivity contribution in [2.45, 2.75) is 38.0 Å². The number of hydrogen-bond acceptors (Lipinski definition) is 5. The number of nitrogens with zero attached hydrogens (tertiary/aromatic N) is 2. The van der Waals surface area contributed by atoms with Crippen LogP contribution in [0.2, 0.25) is 0 Å². The Morgan fingerprint density at radius 3 is 2.67 bits per heavy atom. The van der Waals surface area contributed by atoms with Crippen molar-refractivity contribution >= 4 is 11.6 Å². The highest BCUT2D eigenvalue weighted by Gasteiger charge is 2.35. The normalized spacial score (nSPS) is 19.3. The smallest absolute Gasteiger partial charge is 0.378 e. The monoisotopic (exact) mass is 304 g/mol. The van der Waals surface area contributed by atoms with E-state index in [0.717, 1.165) is 32.3 Å². The van der Waals surface area contributed by atoms with E-state index in [0.29, 0.717) is 6.54 Å². The van der Waals surface area contributed by atoms with Crippen LogP contribution in [0.1, 0.15) is 31.5 Å². The highest BCUT2D eigenvalue weighted by molar-refractivity contribution is 5.47. The molecule has 1 saturated heterocycles. The molecule has 0 radical (unpaired) electrons. The molecule has 0 aromatic carbocycles. The maximum atomic E-state index is 12.7. The van der Waals surface area contributed by atoms with Crippen LogP contribution in [0.15, 0.2) is 6.07 Å². The van der Waals surface area contributed by atoms with E-state index in [1.165, 1.54) is 13.1 Å². The van der Waals surface area contributed by atoms with Gasteiger partial charge in [0.05, 0.1) is 6.10 Å². The summed E-state index contributed by atoms with van der Waals surface area (Å²) in [4.78, 5) is 6.92. The topological polar surface area (TPSA) is 59.1 Å². The molecule has 2 N–H and O–H groups in total. The van der Waals surface area contributed by atoms with Gasteiger partial charge < -0.3 is 15.4 Å². The lowest BCUT2D eigenvalue weighted by Gasteiger charge is -2.22. The van der Waals surface area contributed by atoms with Crippen LogP contribution in [0.3, 0.4) is 0 Å². The maximum absolute atomic E-state index is 12.7. The summed E-state index contributed by atoms with van der Waals surface area (Å²) in [6, 6.07) is 1.46. The van der Waals surface area contributed by atoms with Crippen molar-refractivity contribution in [1.82, 2.24) is 9.97 Å². The molecule has 0 amide bonds. The van der Waals surface area contributed by atoms with E-state index < -0.39 is 12.0 Å². The second-order valence-electron chi connectivity index (χ2n) is 4.91. The van der Waals surface area contributed by atoms with Gasteiger partial charge in [-0.2, -0.15) is 13.2 Å². The van der Waals surface area contributed by atoms with Crippen LogP contribution in [0.5, 0.6) is 0 Å². The first-order valence-electron chi connectivity index (χ1n) is 6.98. The summed E-state index contributed by atoms with van der Waals surface area (Å²) in [5.41, 5.74) is 0. The lowest BCUT2D eigenvalue weighted by molar-refractivity contribution is -0.144. The molecule has 5 nitrogen and oxygen atoms in total. The van der Waals surface area contributed by atoms with Crippen molar-refractivity contribution in [3.8, 4) is 0 Å².